The zero-order valence-electron chi connectivity index (χ0n) is 15.7. The molecule has 1 fully saturated rings. The zero-order chi connectivity index (χ0) is 18.2. The topological polar surface area (TPSA) is 67.8 Å². The summed E-state index contributed by atoms with van der Waals surface area (Å²) in [5, 5.41) is 15.2. The Kier molecular flexibility index (Phi) is 7.68. The first-order chi connectivity index (χ1) is 12.0. The van der Waals surface area contributed by atoms with E-state index >= 15 is 0 Å². The summed E-state index contributed by atoms with van der Waals surface area (Å²) >= 11 is 0. The number of hydrogen-bond acceptors (Lipinski definition) is 4. The molecule has 0 saturated carbocycles. The molecule has 6 nitrogen and oxygen atoms in total. The molecule has 2 rings (SSSR count). The highest BCUT2D eigenvalue weighted by Crippen LogP contribution is 2.13. The van der Waals surface area contributed by atoms with Gasteiger partial charge < -0.3 is 20.6 Å². The van der Waals surface area contributed by atoms with Gasteiger partial charge in [-0.05, 0) is 24.1 Å². The van der Waals surface area contributed by atoms with Crippen molar-refractivity contribution >= 4 is 6.03 Å². The molecule has 1 atom stereocenters. The van der Waals surface area contributed by atoms with E-state index in [1.165, 1.54) is 0 Å². The Bertz CT molecular complexity index is 542. The molecule has 25 heavy (non-hydrogen) atoms. The Hall–Kier alpha value is -1.63. The SMILES string of the molecule is CC(C)C(CNC(=O)NCc1ccccc1CO)N1CCN(C)CC1. The third kappa shape index (κ3) is 5.99. The van der Waals surface area contributed by atoms with Gasteiger partial charge in [0.15, 0.2) is 0 Å². The summed E-state index contributed by atoms with van der Waals surface area (Å²) < 4.78 is 0. The van der Waals surface area contributed by atoms with Gasteiger partial charge >= 0.3 is 6.03 Å². The molecule has 1 heterocycles. The second-order valence-corrected chi connectivity index (χ2v) is 7.14. The fourth-order valence-electron chi connectivity index (χ4n) is 3.26. The van der Waals surface area contributed by atoms with Gasteiger partial charge in [-0.3, -0.25) is 4.90 Å². The van der Waals surface area contributed by atoms with Crippen LogP contribution in [-0.4, -0.2) is 66.8 Å². The molecule has 0 aromatic heterocycles. The standard InChI is InChI=1S/C19H32N4O2/c1-15(2)18(23-10-8-22(3)9-11-23)13-21-19(25)20-12-16-6-4-5-7-17(16)14-24/h4-7,15,18,24H,8-14H2,1-3H3,(H2,20,21,25). The fraction of sp³-hybridized carbons (Fsp3) is 0.632. The van der Waals surface area contributed by atoms with E-state index in [2.05, 4.69) is 41.3 Å². The van der Waals surface area contributed by atoms with Crippen LogP contribution < -0.4 is 10.6 Å². The number of carbonyl (C=O) groups is 1. The number of amides is 2. The predicted molar refractivity (Wildman–Crippen MR) is 100 cm³/mol. The van der Waals surface area contributed by atoms with Gasteiger partial charge in [0.1, 0.15) is 0 Å². The molecule has 1 aliphatic heterocycles. The van der Waals surface area contributed by atoms with Gasteiger partial charge in [-0.2, -0.15) is 0 Å². The smallest absolute Gasteiger partial charge is 0.315 e. The number of urea groups is 1. The van der Waals surface area contributed by atoms with E-state index < -0.39 is 0 Å². The van der Waals surface area contributed by atoms with Gasteiger partial charge in [0.2, 0.25) is 0 Å². The normalized spacial score (nSPS) is 17.5. The lowest BCUT2D eigenvalue weighted by molar-refractivity contribution is 0.0887. The van der Waals surface area contributed by atoms with Crippen LogP contribution in [0.4, 0.5) is 4.79 Å². The van der Waals surface area contributed by atoms with Crippen LogP contribution in [0.1, 0.15) is 25.0 Å². The fourth-order valence-corrected chi connectivity index (χ4v) is 3.26. The van der Waals surface area contributed by atoms with Crippen molar-refractivity contribution in [1.82, 2.24) is 20.4 Å². The number of aliphatic hydroxyl groups is 1. The highest BCUT2D eigenvalue weighted by molar-refractivity contribution is 5.73. The molecule has 1 aliphatic rings. The van der Waals surface area contributed by atoms with Crippen molar-refractivity contribution in [3.05, 3.63) is 35.4 Å². The predicted octanol–water partition coefficient (Wildman–Crippen LogP) is 1.25. The second-order valence-electron chi connectivity index (χ2n) is 7.14. The monoisotopic (exact) mass is 348 g/mol. The van der Waals surface area contributed by atoms with E-state index in [-0.39, 0.29) is 12.6 Å². The summed E-state index contributed by atoms with van der Waals surface area (Å²) in [6.45, 7) is 9.72. The molecule has 0 radical (unpaired) electrons. The molecule has 1 aromatic rings. The zero-order valence-corrected chi connectivity index (χ0v) is 15.7. The Labute approximate surface area is 151 Å². The molecule has 0 aliphatic carbocycles. The molecule has 2 amide bonds. The first-order valence-electron chi connectivity index (χ1n) is 9.13. The quantitative estimate of drug-likeness (QED) is 0.694. The lowest BCUT2D eigenvalue weighted by Gasteiger charge is -2.39. The summed E-state index contributed by atoms with van der Waals surface area (Å²) in [5.74, 6) is 0.485. The first-order valence-corrected chi connectivity index (χ1v) is 9.13. The number of carbonyl (C=O) groups excluding carboxylic acids is 1. The Morgan fingerprint density at radius 3 is 2.36 bits per heavy atom. The van der Waals surface area contributed by atoms with Crippen LogP contribution in [0.25, 0.3) is 0 Å². The molecule has 0 spiro atoms. The summed E-state index contributed by atoms with van der Waals surface area (Å²) in [6, 6.07) is 7.79. The maximum Gasteiger partial charge on any atom is 0.315 e. The summed E-state index contributed by atoms with van der Waals surface area (Å²) in [4.78, 5) is 17.0. The number of likely N-dealkylation sites (N-methyl/N-ethyl adjacent to an activating group) is 1. The number of nitrogens with zero attached hydrogens (tertiary/aromatic N) is 2. The maximum absolute atomic E-state index is 12.2. The van der Waals surface area contributed by atoms with Gasteiger partial charge in [-0.1, -0.05) is 38.1 Å². The highest BCUT2D eigenvalue weighted by Gasteiger charge is 2.25. The van der Waals surface area contributed by atoms with Crippen LogP contribution in [0.15, 0.2) is 24.3 Å². The average Bonchev–Trinajstić information content (AvgIpc) is 2.61. The van der Waals surface area contributed by atoms with E-state index in [1.807, 2.05) is 24.3 Å². The average molecular weight is 348 g/mol. The third-order valence-corrected chi connectivity index (χ3v) is 4.98. The van der Waals surface area contributed by atoms with Crippen molar-refractivity contribution in [1.29, 1.82) is 0 Å². The molecule has 3 N–H and O–H groups in total. The summed E-state index contributed by atoms with van der Waals surface area (Å²) in [7, 11) is 2.15. The van der Waals surface area contributed by atoms with E-state index in [0.29, 0.717) is 25.0 Å². The van der Waals surface area contributed by atoms with Crippen LogP contribution in [-0.2, 0) is 13.2 Å². The van der Waals surface area contributed by atoms with Crippen LogP contribution in [0, 0.1) is 5.92 Å². The van der Waals surface area contributed by atoms with Crippen molar-refractivity contribution in [2.24, 2.45) is 5.92 Å². The van der Waals surface area contributed by atoms with E-state index in [9.17, 15) is 9.90 Å². The number of aliphatic hydroxyl groups excluding tert-OH is 1. The van der Waals surface area contributed by atoms with Crippen LogP contribution >= 0.6 is 0 Å². The third-order valence-electron chi connectivity index (χ3n) is 4.98. The number of hydrogen-bond donors (Lipinski definition) is 3. The molecular weight excluding hydrogens is 316 g/mol. The largest absolute Gasteiger partial charge is 0.392 e. The number of piperazine rings is 1. The maximum atomic E-state index is 12.2. The molecule has 1 aromatic carbocycles. The first kappa shape index (κ1) is 19.7. The molecule has 1 saturated heterocycles. The van der Waals surface area contributed by atoms with Gasteiger partial charge in [-0.15, -0.1) is 0 Å². The number of nitrogens with one attached hydrogen (secondary N) is 2. The Balaban J connectivity index is 1.80. The van der Waals surface area contributed by atoms with Gasteiger partial charge in [0, 0.05) is 45.3 Å². The second kappa shape index (κ2) is 9.75. The molecule has 6 heteroatoms. The van der Waals surface area contributed by atoms with Crippen molar-refractivity contribution in [3.8, 4) is 0 Å². The minimum absolute atomic E-state index is 0.0156. The van der Waals surface area contributed by atoms with Gasteiger partial charge in [0.25, 0.3) is 0 Å². The van der Waals surface area contributed by atoms with Crippen molar-refractivity contribution in [2.75, 3.05) is 39.8 Å². The van der Waals surface area contributed by atoms with E-state index in [0.717, 1.165) is 37.3 Å². The van der Waals surface area contributed by atoms with Gasteiger partial charge in [-0.25, -0.2) is 4.79 Å². The summed E-state index contributed by atoms with van der Waals surface area (Å²) in [5.41, 5.74) is 1.79. The molecular formula is C19H32N4O2. The van der Waals surface area contributed by atoms with Gasteiger partial charge in [0.05, 0.1) is 6.61 Å². The van der Waals surface area contributed by atoms with Crippen molar-refractivity contribution in [2.45, 2.75) is 33.0 Å². The molecule has 1 unspecified atom stereocenters. The van der Waals surface area contributed by atoms with Crippen molar-refractivity contribution < 1.29 is 9.90 Å². The lowest BCUT2D eigenvalue weighted by Crippen LogP contribution is -2.54. The summed E-state index contributed by atoms with van der Waals surface area (Å²) in [6.07, 6.45) is 0. The van der Waals surface area contributed by atoms with Crippen LogP contribution in [0.5, 0.6) is 0 Å². The van der Waals surface area contributed by atoms with Crippen LogP contribution in [0.2, 0.25) is 0 Å². The number of rotatable bonds is 7. The molecule has 140 valence electrons. The van der Waals surface area contributed by atoms with Crippen molar-refractivity contribution in [3.63, 3.8) is 0 Å². The minimum Gasteiger partial charge on any atom is -0.392 e. The minimum atomic E-state index is -0.160. The van der Waals surface area contributed by atoms with E-state index in [1.54, 1.807) is 0 Å². The van der Waals surface area contributed by atoms with E-state index in [4.69, 9.17) is 0 Å². The number of benzene rings is 1. The highest BCUT2D eigenvalue weighted by atomic mass is 16.3. The van der Waals surface area contributed by atoms with Crippen LogP contribution in [0.3, 0.4) is 0 Å². The lowest BCUT2D eigenvalue weighted by atomic mass is 10.0. The Morgan fingerprint density at radius 2 is 1.76 bits per heavy atom. The Morgan fingerprint density at radius 1 is 1.12 bits per heavy atom. The molecule has 0 bridgehead atoms.